The largest absolute Gasteiger partial charge is 0.398 e. The molecule has 3 nitrogen and oxygen atoms in total. The standard InChI is InChI=1S/C16H16ClN3/c1-9-6-12(4-5-14(9)17)15-11(3)20-8-13(18)7-10(2)16(20)19-15/h4-8H,18H2,1-3H3. The summed E-state index contributed by atoms with van der Waals surface area (Å²) in [4.78, 5) is 4.76. The Morgan fingerprint density at radius 3 is 2.55 bits per heavy atom. The van der Waals surface area contributed by atoms with E-state index >= 15 is 0 Å². The molecule has 0 unspecified atom stereocenters. The van der Waals surface area contributed by atoms with Crippen molar-refractivity contribution in [3.8, 4) is 11.3 Å². The van der Waals surface area contributed by atoms with Crippen molar-refractivity contribution in [3.05, 3.63) is 52.3 Å². The quantitative estimate of drug-likeness (QED) is 0.729. The van der Waals surface area contributed by atoms with E-state index in [4.69, 9.17) is 22.3 Å². The summed E-state index contributed by atoms with van der Waals surface area (Å²) < 4.78 is 2.05. The van der Waals surface area contributed by atoms with Gasteiger partial charge < -0.3 is 10.1 Å². The highest BCUT2D eigenvalue weighted by molar-refractivity contribution is 6.31. The molecule has 4 heteroatoms. The second-order valence-corrected chi connectivity index (χ2v) is 5.57. The van der Waals surface area contributed by atoms with Gasteiger partial charge in [-0.2, -0.15) is 0 Å². The lowest BCUT2D eigenvalue weighted by Gasteiger charge is -2.03. The van der Waals surface area contributed by atoms with Crippen molar-refractivity contribution in [3.63, 3.8) is 0 Å². The van der Waals surface area contributed by atoms with Crippen LogP contribution in [-0.2, 0) is 0 Å². The van der Waals surface area contributed by atoms with E-state index in [9.17, 15) is 0 Å². The Labute approximate surface area is 123 Å². The van der Waals surface area contributed by atoms with Crippen LogP contribution < -0.4 is 5.73 Å². The van der Waals surface area contributed by atoms with E-state index in [1.54, 1.807) is 0 Å². The molecule has 2 aromatic heterocycles. The van der Waals surface area contributed by atoms with Crippen molar-refractivity contribution in [1.29, 1.82) is 0 Å². The van der Waals surface area contributed by atoms with Crippen LogP contribution in [0.25, 0.3) is 16.9 Å². The summed E-state index contributed by atoms with van der Waals surface area (Å²) in [5, 5.41) is 0.774. The van der Waals surface area contributed by atoms with Crippen molar-refractivity contribution in [1.82, 2.24) is 9.38 Å². The lowest BCUT2D eigenvalue weighted by Crippen LogP contribution is -1.94. The minimum atomic E-state index is 0.745. The molecule has 102 valence electrons. The predicted molar refractivity (Wildman–Crippen MR) is 84.3 cm³/mol. The number of pyridine rings is 1. The summed E-state index contributed by atoms with van der Waals surface area (Å²) in [6.45, 7) is 6.08. The molecule has 0 bridgehead atoms. The van der Waals surface area contributed by atoms with Gasteiger partial charge in [-0.3, -0.25) is 0 Å². The van der Waals surface area contributed by atoms with Crippen molar-refractivity contribution in [2.75, 3.05) is 5.73 Å². The molecule has 3 aromatic rings. The number of anilines is 1. The third kappa shape index (κ3) is 1.95. The number of nitrogens with two attached hydrogens (primary N) is 1. The topological polar surface area (TPSA) is 43.3 Å². The van der Waals surface area contributed by atoms with Crippen molar-refractivity contribution < 1.29 is 0 Å². The highest BCUT2D eigenvalue weighted by atomic mass is 35.5. The van der Waals surface area contributed by atoms with Crippen molar-refractivity contribution in [2.45, 2.75) is 20.8 Å². The average Bonchev–Trinajstić information content (AvgIpc) is 2.71. The first-order valence-corrected chi connectivity index (χ1v) is 6.86. The predicted octanol–water partition coefficient (Wildman–Crippen LogP) is 4.16. The van der Waals surface area contributed by atoms with Gasteiger partial charge in [0.05, 0.1) is 5.69 Å². The number of hydrogen-bond acceptors (Lipinski definition) is 2. The fourth-order valence-electron chi connectivity index (χ4n) is 2.52. The number of rotatable bonds is 1. The molecule has 0 amide bonds. The minimum Gasteiger partial charge on any atom is -0.398 e. The lowest BCUT2D eigenvalue weighted by molar-refractivity contribution is 1.10. The van der Waals surface area contributed by atoms with E-state index in [-0.39, 0.29) is 0 Å². The molecule has 2 heterocycles. The van der Waals surface area contributed by atoms with Crippen LogP contribution in [0.3, 0.4) is 0 Å². The molecule has 20 heavy (non-hydrogen) atoms. The van der Waals surface area contributed by atoms with Crippen LogP contribution in [0, 0.1) is 20.8 Å². The molecule has 0 radical (unpaired) electrons. The molecule has 0 saturated heterocycles. The maximum atomic E-state index is 6.09. The number of nitrogen functional groups attached to an aromatic ring is 1. The van der Waals surface area contributed by atoms with E-state index < -0.39 is 0 Å². The number of aryl methyl sites for hydroxylation is 3. The fraction of sp³-hybridized carbons (Fsp3) is 0.188. The number of nitrogens with zero attached hydrogens (tertiary/aromatic N) is 2. The summed E-state index contributed by atoms with van der Waals surface area (Å²) in [5.74, 6) is 0. The summed E-state index contributed by atoms with van der Waals surface area (Å²) >= 11 is 6.09. The van der Waals surface area contributed by atoms with Gasteiger partial charge in [-0.05, 0) is 50.1 Å². The number of hydrogen-bond donors (Lipinski definition) is 1. The molecule has 3 rings (SSSR count). The smallest absolute Gasteiger partial charge is 0.140 e. The zero-order valence-electron chi connectivity index (χ0n) is 11.7. The first kappa shape index (κ1) is 13.0. The van der Waals surface area contributed by atoms with Gasteiger partial charge in [0.15, 0.2) is 0 Å². The van der Waals surface area contributed by atoms with Crippen molar-refractivity contribution in [2.24, 2.45) is 0 Å². The zero-order chi connectivity index (χ0) is 14.4. The van der Waals surface area contributed by atoms with Gasteiger partial charge in [0.25, 0.3) is 0 Å². The van der Waals surface area contributed by atoms with E-state index in [1.807, 2.05) is 42.6 Å². The van der Waals surface area contributed by atoms with Crippen LogP contribution in [0.2, 0.25) is 5.02 Å². The van der Waals surface area contributed by atoms with Gasteiger partial charge in [-0.25, -0.2) is 4.98 Å². The molecule has 1 aromatic carbocycles. The van der Waals surface area contributed by atoms with E-state index in [0.29, 0.717) is 0 Å². The molecular weight excluding hydrogens is 270 g/mol. The van der Waals surface area contributed by atoms with Crippen LogP contribution in [-0.4, -0.2) is 9.38 Å². The van der Waals surface area contributed by atoms with Gasteiger partial charge in [0, 0.05) is 28.2 Å². The summed E-state index contributed by atoms with van der Waals surface area (Å²) in [5.41, 5.74) is 12.9. The molecule has 0 aliphatic carbocycles. The van der Waals surface area contributed by atoms with Gasteiger partial charge in [0.2, 0.25) is 0 Å². The number of imidazole rings is 1. The molecule has 0 fully saturated rings. The molecule has 0 aliphatic rings. The second kappa shape index (κ2) is 4.53. The monoisotopic (exact) mass is 285 g/mol. The van der Waals surface area contributed by atoms with Gasteiger partial charge in [0.1, 0.15) is 5.65 Å². The summed E-state index contributed by atoms with van der Waals surface area (Å²) in [6, 6.07) is 7.92. The third-order valence-electron chi connectivity index (χ3n) is 3.60. The average molecular weight is 286 g/mol. The molecule has 0 spiro atoms. The molecular formula is C16H16ClN3. The van der Waals surface area contributed by atoms with Crippen LogP contribution in [0.4, 0.5) is 5.69 Å². The highest BCUT2D eigenvalue weighted by Gasteiger charge is 2.13. The van der Waals surface area contributed by atoms with Gasteiger partial charge >= 0.3 is 0 Å². The van der Waals surface area contributed by atoms with Gasteiger partial charge in [-0.15, -0.1) is 0 Å². The second-order valence-electron chi connectivity index (χ2n) is 5.16. The number of benzene rings is 1. The van der Waals surface area contributed by atoms with E-state index in [1.165, 1.54) is 0 Å². The maximum absolute atomic E-state index is 6.09. The molecule has 2 N–H and O–H groups in total. The van der Waals surface area contributed by atoms with Gasteiger partial charge in [-0.1, -0.05) is 17.7 Å². The van der Waals surface area contributed by atoms with E-state index in [0.717, 1.165) is 44.4 Å². The third-order valence-corrected chi connectivity index (χ3v) is 4.02. The first-order valence-electron chi connectivity index (χ1n) is 6.48. The normalized spacial score (nSPS) is 11.2. The Bertz CT molecular complexity index is 818. The van der Waals surface area contributed by atoms with E-state index in [2.05, 4.69) is 13.0 Å². The SMILES string of the molecule is Cc1cc(-c2nc3c(C)cc(N)cn3c2C)ccc1Cl. The Balaban J connectivity index is 2.29. The first-order chi connectivity index (χ1) is 9.47. The van der Waals surface area contributed by atoms with Crippen LogP contribution >= 0.6 is 11.6 Å². The summed E-state index contributed by atoms with van der Waals surface area (Å²) in [6.07, 6.45) is 1.91. The highest BCUT2D eigenvalue weighted by Crippen LogP contribution is 2.28. The maximum Gasteiger partial charge on any atom is 0.140 e. The number of halogens is 1. The molecule has 0 atom stereocenters. The van der Waals surface area contributed by atoms with Crippen LogP contribution in [0.1, 0.15) is 16.8 Å². The fourth-order valence-corrected chi connectivity index (χ4v) is 2.63. The van der Waals surface area contributed by atoms with Crippen LogP contribution in [0.5, 0.6) is 0 Å². The Hall–Kier alpha value is -2.00. The Morgan fingerprint density at radius 1 is 1.10 bits per heavy atom. The minimum absolute atomic E-state index is 0.745. The molecule has 0 saturated carbocycles. The number of fused-ring (bicyclic) bond motifs is 1. The van der Waals surface area contributed by atoms with Crippen molar-refractivity contribution >= 4 is 22.9 Å². The number of aromatic nitrogens is 2. The Morgan fingerprint density at radius 2 is 1.85 bits per heavy atom. The molecule has 0 aliphatic heterocycles. The summed E-state index contributed by atoms with van der Waals surface area (Å²) in [7, 11) is 0. The van der Waals surface area contributed by atoms with Crippen LogP contribution in [0.15, 0.2) is 30.5 Å². The lowest BCUT2D eigenvalue weighted by atomic mass is 10.1. The zero-order valence-corrected chi connectivity index (χ0v) is 12.5. The Kier molecular flexibility index (Phi) is 2.94.